The van der Waals surface area contributed by atoms with E-state index in [0.29, 0.717) is 23.3 Å². The Labute approximate surface area is 154 Å². The second kappa shape index (κ2) is 6.06. The highest BCUT2D eigenvalue weighted by atomic mass is 32.2. The molecule has 0 heterocycles. The van der Waals surface area contributed by atoms with Crippen LogP contribution in [0.4, 0.5) is 0 Å². The molecule has 1 spiro atoms. The number of ketones is 1. The fourth-order valence-corrected chi connectivity index (χ4v) is 6.34. The smallest absolute Gasteiger partial charge is 0.186 e. The molecule has 2 aromatic rings. The molecule has 0 amide bonds. The summed E-state index contributed by atoms with van der Waals surface area (Å²) in [5, 5.41) is -0.525. The van der Waals surface area contributed by atoms with Gasteiger partial charge in [0.15, 0.2) is 15.6 Å². The number of hydrogen-bond acceptors (Lipinski definition) is 3. The van der Waals surface area contributed by atoms with Gasteiger partial charge in [-0.3, -0.25) is 4.79 Å². The third-order valence-corrected chi connectivity index (χ3v) is 7.76. The molecule has 0 aromatic heterocycles. The lowest BCUT2D eigenvalue weighted by Gasteiger charge is -2.28. The minimum atomic E-state index is -3.47. The maximum atomic E-state index is 13.2. The largest absolute Gasteiger partial charge is 0.289 e. The van der Waals surface area contributed by atoms with Crippen LogP contribution >= 0.6 is 0 Å². The van der Waals surface area contributed by atoms with Crippen molar-refractivity contribution in [1.29, 1.82) is 0 Å². The molecular weight excluding hydrogens is 344 g/mol. The highest BCUT2D eigenvalue weighted by Crippen LogP contribution is 2.61. The summed E-state index contributed by atoms with van der Waals surface area (Å²) in [6, 6.07) is 16.0. The number of benzene rings is 2. The van der Waals surface area contributed by atoms with Crippen molar-refractivity contribution in [1.82, 2.24) is 0 Å². The molecule has 0 aliphatic heterocycles. The summed E-state index contributed by atoms with van der Waals surface area (Å²) in [7, 11) is -3.47. The van der Waals surface area contributed by atoms with E-state index in [9.17, 15) is 13.2 Å². The minimum absolute atomic E-state index is 0.0342. The third kappa shape index (κ3) is 2.40. The number of carbonyl (C=O) groups is 1. The van der Waals surface area contributed by atoms with Crippen molar-refractivity contribution in [3.8, 4) is 0 Å². The molecule has 2 aliphatic rings. The fourth-order valence-electron chi connectivity index (χ4n) is 4.18. The average molecular weight is 364 g/mol. The Morgan fingerprint density at radius 2 is 1.77 bits per heavy atom. The predicted octanol–water partition coefficient (Wildman–Crippen LogP) is 4.26. The molecule has 4 heteroatoms. The number of carbonyl (C=O) groups excluding carboxylic acids is 1. The summed E-state index contributed by atoms with van der Waals surface area (Å²) < 4.78 is 26.5. The van der Waals surface area contributed by atoms with Gasteiger partial charge in [-0.05, 0) is 43.0 Å². The lowest BCUT2D eigenvalue weighted by Crippen LogP contribution is -2.28. The average Bonchev–Trinajstić information content (AvgIpc) is 3.42. The Morgan fingerprint density at radius 1 is 1.08 bits per heavy atom. The van der Waals surface area contributed by atoms with E-state index in [-0.39, 0.29) is 5.78 Å². The summed E-state index contributed by atoms with van der Waals surface area (Å²) in [5.74, 6) is -0.0342. The van der Waals surface area contributed by atoms with Crippen LogP contribution in [0.15, 0.2) is 83.8 Å². The van der Waals surface area contributed by atoms with Gasteiger partial charge in [0.05, 0.1) is 10.1 Å². The number of hydrogen-bond donors (Lipinski definition) is 0. The van der Waals surface area contributed by atoms with Gasteiger partial charge in [0.2, 0.25) is 0 Å². The molecule has 2 aliphatic carbocycles. The van der Waals surface area contributed by atoms with Crippen molar-refractivity contribution in [2.24, 2.45) is 0 Å². The molecular formula is C22H20O3S. The van der Waals surface area contributed by atoms with Crippen molar-refractivity contribution in [3.63, 3.8) is 0 Å². The third-order valence-electron chi connectivity index (χ3n) is 5.51. The Hall–Kier alpha value is -2.46. The monoisotopic (exact) mass is 364 g/mol. The van der Waals surface area contributed by atoms with Crippen LogP contribution < -0.4 is 0 Å². The summed E-state index contributed by atoms with van der Waals surface area (Å²) in [6.07, 6.45) is 5.37. The normalized spacial score (nSPS) is 24.1. The van der Waals surface area contributed by atoms with E-state index in [4.69, 9.17) is 0 Å². The topological polar surface area (TPSA) is 51.2 Å². The molecule has 0 N–H and O–H groups in total. The van der Waals surface area contributed by atoms with E-state index in [0.717, 1.165) is 17.6 Å². The summed E-state index contributed by atoms with van der Waals surface area (Å²) >= 11 is 0. The lowest BCUT2D eigenvalue weighted by atomic mass is 9.77. The van der Waals surface area contributed by atoms with Gasteiger partial charge >= 0.3 is 0 Å². The first-order chi connectivity index (χ1) is 12.5. The van der Waals surface area contributed by atoms with E-state index in [1.807, 2.05) is 30.3 Å². The molecule has 2 unspecified atom stereocenters. The highest BCUT2D eigenvalue weighted by Gasteiger charge is 2.65. The van der Waals surface area contributed by atoms with Gasteiger partial charge in [0.25, 0.3) is 0 Å². The van der Waals surface area contributed by atoms with E-state index >= 15 is 0 Å². The first kappa shape index (κ1) is 17.0. The molecule has 1 fully saturated rings. The molecule has 4 rings (SSSR count). The number of allylic oxidation sites excluding steroid dienone is 3. The Bertz CT molecular complexity index is 1020. The van der Waals surface area contributed by atoms with Gasteiger partial charge in [0.1, 0.15) is 0 Å². The minimum Gasteiger partial charge on any atom is -0.289 e. The molecule has 0 bridgehead atoms. The SMILES string of the molecule is C=CCCC1=CC(=O)c2ccccc2C12CC2S(=O)(=O)c1ccccc1. The van der Waals surface area contributed by atoms with Crippen molar-refractivity contribution < 1.29 is 13.2 Å². The van der Waals surface area contributed by atoms with Gasteiger partial charge in [-0.25, -0.2) is 8.42 Å². The standard InChI is InChI=1S/C22H20O3S/c1-2-3-9-16-14-20(23)18-12-7-8-13-19(18)22(16)15-21(22)26(24,25)17-10-5-4-6-11-17/h2,4-8,10-14,21H,1,3,9,15H2. The highest BCUT2D eigenvalue weighted by molar-refractivity contribution is 7.92. The molecule has 3 nitrogen and oxygen atoms in total. The van der Waals surface area contributed by atoms with E-state index < -0.39 is 20.5 Å². The second-order valence-electron chi connectivity index (χ2n) is 6.93. The van der Waals surface area contributed by atoms with Crippen LogP contribution in [0, 0.1) is 0 Å². The van der Waals surface area contributed by atoms with Crippen molar-refractivity contribution >= 4 is 15.6 Å². The Morgan fingerprint density at radius 3 is 2.50 bits per heavy atom. The first-order valence-electron chi connectivity index (χ1n) is 8.76. The number of sulfone groups is 1. The van der Waals surface area contributed by atoms with Crippen LogP contribution in [0.25, 0.3) is 0 Å². The molecule has 2 atom stereocenters. The van der Waals surface area contributed by atoms with Crippen molar-refractivity contribution in [2.75, 3.05) is 0 Å². The Kier molecular flexibility index (Phi) is 3.96. The van der Waals surface area contributed by atoms with Crippen LogP contribution in [0.3, 0.4) is 0 Å². The van der Waals surface area contributed by atoms with Gasteiger partial charge in [-0.1, -0.05) is 54.1 Å². The summed E-state index contributed by atoms with van der Waals surface area (Å²) in [4.78, 5) is 12.9. The zero-order valence-electron chi connectivity index (χ0n) is 14.4. The van der Waals surface area contributed by atoms with E-state index in [1.165, 1.54) is 0 Å². The van der Waals surface area contributed by atoms with Crippen LogP contribution in [0.2, 0.25) is 0 Å². The number of rotatable bonds is 5. The quantitative estimate of drug-likeness (QED) is 0.745. The molecule has 0 saturated heterocycles. The van der Waals surface area contributed by atoms with Gasteiger partial charge in [-0.2, -0.15) is 0 Å². The molecule has 132 valence electrons. The maximum absolute atomic E-state index is 13.2. The summed E-state index contributed by atoms with van der Waals surface area (Å²) in [6.45, 7) is 3.76. The molecule has 1 saturated carbocycles. The van der Waals surface area contributed by atoms with Crippen LogP contribution in [0.1, 0.15) is 35.2 Å². The van der Waals surface area contributed by atoms with Gasteiger partial charge in [-0.15, -0.1) is 6.58 Å². The van der Waals surface area contributed by atoms with E-state index in [1.54, 1.807) is 36.4 Å². The van der Waals surface area contributed by atoms with Crippen LogP contribution in [-0.4, -0.2) is 19.5 Å². The lowest BCUT2D eigenvalue weighted by molar-refractivity contribution is 0.104. The predicted molar refractivity (Wildman–Crippen MR) is 102 cm³/mol. The zero-order chi connectivity index (χ0) is 18.4. The first-order valence-corrected chi connectivity index (χ1v) is 10.3. The maximum Gasteiger partial charge on any atom is 0.186 e. The molecule has 26 heavy (non-hydrogen) atoms. The zero-order valence-corrected chi connectivity index (χ0v) is 15.2. The number of fused-ring (bicyclic) bond motifs is 2. The van der Waals surface area contributed by atoms with Crippen LogP contribution in [-0.2, 0) is 15.3 Å². The van der Waals surface area contributed by atoms with Crippen LogP contribution in [0.5, 0.6) is 0 Å². The Balaban J connectivity index is 1.84. The van der Waals surface area contributed by atoms with Gasteiger partial charge < -0.3 is 0 Å². The fraction of sp³-hybridized carbons (Fsp3) is 0.227. The second-order valence-corrected chi connectivity index (χ2v) is 9.06. The molecule has 0 radical (unpaired) electrons. The van der Waals surface area contributed by atoms with Crippen molar-refractivity contribution in [2.45, 2.75) is 34.8 Å². The van der Waals surface area contributed by atoms with Crippen molar-refractivity contribution in [3.05, 3.63) is 90.0 Å². The van der Waals surface area contributed by atoms with E-state index in [2.05, 4.69) is 6.58 Å². The molecule has 2 aromatic carbocycles. The van der Waals surface area contributed by atoms with Gasteiger partial charge in [0, 0.05) is 11.0 Å². The summed E-state index contributed by atoms with van der Waals surface area (Å²) in [5.41, 5.74) is 1.82.